The molecule has 1 N–H and O–H groups in total. The van der Waals surface area contributed by atoms with Gasteiger partial charge < -0.3 is 19.6 Å². The van der Waals surface area contributed by atoms with Gasteiger partial charge in [-0.05, 0) is 24.1 Å². The van der Waals surface area contributed by atoms with Crippen LogP contribution in [0.15, 0.2) is 42.6 Å². The van der Waals surface area contributed by atoms with Crippen molar-refractivity contribution >= 4 is 24.0 Å². The standard InChI is InChI=1S/C26H33N3O4/c1-5-24(31)28(4)16-23-18(2)15-29(19(3)17-30)26(32)22-13-21(14-27-25(22)33-23)12-11-20-9-7-6-8-10-20/h6-14,18-19,23,30H,5,15-17H2,1-4H3/b12-11+/t18-,19-,23-/m0/s1. The van der Waals surface area contributed by atoms with Gasteiger partial charge in [0.25, 0.3) is 5.91 Å². The lowest BCUT2D eigenvalue weighted by molar-refractivity contribution is -0.131. The summed E-state index contributed by atoms with van der Waals surface area (Å²) < 4.78 is 6.23. The van der Waals surface area contributed by atoms with Crippen molar-refractivity contribution in [3.8, 4) is 5.88 Å². The topological polar surface area (TPSA) is 83.0 Å². The number of amides is 2. The molecule has 1 aromatic heterocycles. The summed E-state index contributed by atoms with van der Waals surface area (Å²) in [5.74, 6) is -0.0139. The van der Waals surface area contributed by atoms with Gasteiger partial charge in [-0.15, -0.1) is 0 Å². The maximum Gasteiger partial charge on any atom is 0.259 e. The summed E-state index contributed by atoms with van der Waals surface area (Å²) in [6, 6.07) is 11.3. The number of rotatable bonds is 7. The molecule has 2 aromatic rings. The maximum absolute atomic E-state index is 13.5. The van der Waals surface area contributed by atoms with E-state index in [2.05, 4.69) is 4.98 Å². The van der Waals surface area contributed by atoms with Crippen molar-refractivity contribution in [3.63, 3.8) is 0 Å². The van der Waals surface area contributed by atoms with Crippen LogP contribution in [0.25, 0.3) is 12.2 Å². The van der Waals surface area contributed by atoms with E-state index in [1.165, 1.54) is 0 Å². The van der Waals surface area contributed by atoms with E-state index in [9.17, 15) is 14.7 Å². The van der Waals surface area contributed by atoms with Crippen LogP contribution in [0.5, 0.6) is 5.88 Å². The molecule has 33 heavy (non-hydrogen) atoms. The molecule has 1 aliphatic heterocycles. The van der Waals surface area contributed by atoms with Crippen molar-refractivity contribution in [3.05, 3.63) is 59.3 Å². The van der Waals surface area contributed by atoms with Crippen LogP contribution in [0.2, 0.25) is 0 Å². The van der Waals surface area contributed by atoms with Gasteiger partial charge in [-0.1, -0.05) is 56.3 Å². The lowest BCUT2D eigenvalue weighted by Gasteiger charge is -2.37. The van der Waals surface area contributed by atoms with E-state index in [-0.39, 0.29) is 42.4 Å². The van der Waals surface area contributed by atoms with Crippen molar-refractivity contribution in [2.45, 2.75) is 39.3 Å². The number of fused-ring (bicyclic) bond motifs is 1. The van der Waals surface area contributed by atoms with Crippen LogP contribution in [0.4, 0.5) is 0 Å². The molecule has 3 atom stereocenters. The molecule has 7 nitrogen and oxygen atoms in total. The Balaban J connectivity index is 1.96. The molecule has 0 saturated carbocycles. The minimum Gasteiger partial charge on any atom is -0.472 e. The number of nitrogens with zero attached hydrogens (tertiary/aromatic N) is 3. The van der Waals surface area contributed by atoms with E-state index < -0.39 is 0 Å². The van der Waals surface area contributed by atoms with Gasteiger partial charge in [-0.25, -0.2) is 4.98 Å². The Labute approximate surface area is 195 Å². The van der Waals surface area contributed by atoms with Crippen LogP contribution >= 0.6 is 0 Å². The summed E-state index contributed by atoms with van der Waals surface area (Å²) in [6.45, 7) is 6.28. The first-order valence-corrected chi connectivity index (χ1v) is 11.4. The number of carbonyl (C=O) groups is 2. The molecular formula is C26H33N3O4. The zero-order valence-corrected chi connectivity index (χ0v) is 19.8. The molecule has 0 bridgehead atoms. The van der Waals surface area contributed by atoms with E-state index in [4.69, 9.17) is 4.74 Å². The van der Waals surface area contributed by atoms with Crippen LogP contribution in [-0.2, 0) is 4.79 Å². The molecule has 0 saturated heterocycles. The Kier molecular flexibility index (Phi) is 8.22. The predicted octanol–water partition coefficient (Wildman–Crippen LogP) is 3.34. The summed E-state index contributed by atoms with van der Waals surface area (Å²) >= 11 is 0. The number of carbonyl (C=O) groups excluding carboxylic acids is 2. The highest BCUT2D eigenvalue weighted by Gasteiger charge is 2.34. The predicted molar refractivity (Wildman–Crippen MR) is 129 cm³/mol. The Hall–Kier alpha value is -3.19. The van der Waals surface area contributed by atoms with Gasteiger partial charge in [0.2, 0.25) is 11.8 Å². The monoisotopic (exact) mass is 451 g/mol. The third-order valence-electron chi connectivity index (χ3n) is 5.99. The SMILES string of the molecule is CCC(=O)N(C)C[C@@H]1Oc2ncc(/C=C/c3ccccc3)cc2C(=O)N([C@@H](C)CO)C[C@@H]1C. The van der Waals surface area contributed by atoms with Crippen molar-refractivity contribution < 1.29 is 19.4 Å². The van der Waals surface area contributed by atoms with Gasteiger partial charge in [-0.2, -0.15) is 0 Å². The van der Waals surface area contributed by atoms with E-state index in [1.54, 1.807) is 29.1 Å². The minimum atomic E-state index is -0.356. The highest BCUT2D eigenvalue weighted by Crippen LogP contribution is 2.28. The van der Waals surface area contributed by atoms with Gasteiger partial charge in [0.15, 0.2) is 0 Å². The zero-order chi connectivity index (χ0) is 24.0. The molecule has 1 aromatic carbocycles. The van der Waals surface area contributed by atoms with E-state index >= 15 is 0 Å². The lowest BCUT2D eigenvalue weighted by atomic mass is 9.99. The Morgan fingerprint density at radius 3 is 2.67 bits per heavy atom. The number of aliphatic hydroxyl groups is 1. The first kappa shape index (κ1) is 24.5. The van der Waals surface area contributed by atoms with Gasteiger partial charge >= 0.3 is 0 Å². The Bertz CT molecular complexity index is 992. The molecule has 0 spiro atoms. The summed E-state index contributed by atoms with van der Waals surface area (Å²) in [6.07, 6.45) is 5.61. The lowest BCUT2D eigenvalue weighted by Crippen LogP contribution is -2.50. The number of likely N-dealkylation sites (N-methyl/N-ethyl adjacent to an activating group) is 1. The highest BCUT2D eigenvalue weighted by molar-refractivity contribution is 5.97. The van der Waals surface area contributed by atoms with E-state index in [0.29, 0.717) is 25.1 Å². The fourth-order valence-electron chi connectivity index (χ4n) is 3.83. The second kappa shape index (κ2) is 11.1. The Morgan fingerprint density at radius 1 is 1.30 bits per heavy atom. The van der Waals surface area contributed by atoms with E-state index in [1.807, 2.05) is 63.3 Å². The minimum absolute atomic E-state index is 0.0269. The largest absolute Gasteiger partial charge is 0.472 e. The first-order valence-electron chi connectivity index (χ1n) is 11.4. The van der Waals surface area contributed by atoms with Crippen LogP contribution in [0.1, 0.15) is 48.7 Å². The van der Waals surface area contributed by atoms with Crippen LogP contribution < -0.4 is 4.74 Å². The number of hydrogen-bond acceptors (Lipinski definition) is 5. The number of pyridine rings is 1. The number of benzene rings is 1. The fourth-order valence-corrected chi connectivity index (χ4v) is 3.83. The second-order valence-electron chi connectivity index (χ2n) is 8.62. The first-order chi connectivity index (χ1) is 15.8. The average molecular weight is 452 g/mol. The van der Waals surface area contributed by atoms with Gasteiger partial charge in [0.1, 0.15) is 11.7 Å². The van der Waals surface area contributed by atoms with Crippen molar-refractivity contribution in [1.82, 2.24) is 14.8 Å². The summed E-state index contributed by atoms with van der Waals surface area (Å²) in [4.78, 5) is 33.4. The molecule has 2 heterocycles. The van der Waals surface area contributed by atoms with Gasteiger partial charge in [0, 0.05) is 32.1 Å². The molecule has 0 unspecified atom stereocenters. The molecule has 0 radical (unpaired) electrons. The van der Waals surface area contributed by atoms with Crippen molar-refractivity contribution in [2.24, 2.45) is 5.92 Å². The molecule has 3 rings (SSSR count). The molecule has 7 heteroatoms. The quantitative estimate of drug-likeness (QED) is 0.698. The normalized spacial score (nSPS) is 19.4. The average Bonchev–Trinajstić information content (AvgIpc) is 2.84. The smallest absolute Gasteiger partial charge is 0.259 e. The Morgan fingerprint density at radius 2 is 2.00 bits per heavy atom. The molecule has 176 valence electrons. The highest BCUT2D eigenvalue weighted by atomic mass is 16.5. The molecule has 1 aliphatic rings. The number of aliphatic hydroxyl groups excluding tert-OH is 1. The number of hydrogen-bond donors (Lipinski definition) is 1. The molecule has 0 fully saturated rings. The van der Waals surface area contributed by atoms with Crippen LogP contribution in [0.3, 0.4) is 0 Å². The van der Waals surface area contributed by atoms with Crippen LogP contribution in [0, 0.1) is 5.92 Å². The van der Waals surface area contributed by atoms with E-state index in [0.717, 1.165) is 11.1 Å². The zero-order valence-electron chi connectivity index (χ0n) is 19.8. The molecular weight excluding hydrogens is 418 g/mol. The molecule has 0 aliphatic carbocycles. The van der Waals surface area contributed by atoms with Gasteiger partial charge in [-0.3, -0.25) is 9.59 Å². The van der Waals surface area contributed by atoms with Crippen LogP contribution in [-0.4, -0.2) is 70.6 Å². The summed E-state index contributed by atoms with van der Waals surface area (Å²) in [7, 11) is 1.76. The third-order valence-corrected chi connectivity index (χ3v) is 5.99. The second-order valence-corrected chi connectivity index (χ2v) is 8.62. The summed E-state index contributed by atoms with van der Waals surface area (Å²) in [5, 5.41) is 9.78. The molecule has 2 amide bonds. The third kappa shape index (κ3) is 5.99. The van der Waals surface area contributed by atoms with Gasteiger partial charge in [0.05, 0.1) is 19.2 Å². The van der Waals surface area contributed by atoms with Crippen molar-refractivity contribution in [2.75, 3.05) is 26.7 Å². The number of aromatic nitrogens is 1. The fraction of sp³-hybridized carbons (Fsp3) is 0.423. The maximum atomic E-state index is 13.5. The van der Waals surface area contributed by atoms with Crippen molar-refractivity contribution in [1.29, 1.82) is 0 Å². The number of ether oxygens (including phenoxy) is 1. The summed E-state index contributed by atoms with van der Waals surface area (Å²) in [5.41, 5.74) is 2.17.